The predicted molar refractivity (Wildman–Crippen MR) is 101 cm³/mol. The summed E-state index contributed by atoms with van der Waals surface area (Å²) in [6, 6.07) is 4.04. The first-order valence-corrected chi connectivity index (χ1v) is 8.75. The van der Waals surface area contributed by atoms with Gasteiger partial charge in [0.2, 0.25) is 11.7 Å². The minimum atomic E-state index is -1.28. The number of carboxylic acids is 1. The summed E-state index contributed by atoms with van der Waals surface area (Å²) in [4.78, 5) is 40.9. The first-order valence-electron chi connectivity index (χ1n) is 8.37. The van der Waals surface area contributed by atoms with E-state index in [0.29, 0.717) is 11.2 Å². The zero-order chi connectivity index (χ0) is 20.7. The molecule has 0 spiro atoms. The third-order valence-electron chi connectivity index (χ3n) is 4.21. The average molecular weight is 407 g/mol. The molecule has 1 heterocycles. The Kier molecular flexibility index (Phi) is 7.45. The second-order valence-electron chi connectivity index (χ2n) is 6.08. The van der Waals surface area contributed by atoms with E-state index < -0.39 is 29.8 Å². The van der Waals surface area contributed by atoms with E-state index in [2.05, 4.69) is 15.1 Å². The highest BCUT2D eigenvalue weighted by Crippen LogP contribution is 2.23. The summed E-state index contributed by atoms with van der Waals surface area (Å²) < 4.78 is 5.24. The van der Waals surface area contributed by atoms with Crippen molar-refractivity contribution in [3.8, 4) is 0 Å². The topological polar surface area (TPSA) is 145 Å². The molecular formula is C18H19ClN4O5. The number of halogens is 1. The number of hydrogen-bond donors (Lipinski definition) is 3. The maximum absolute atomic E-state index is 12.5. The lowest BCUT2D eigenvalue weighted by molar-refractivity contribution is -0.144. The third kappa shape index (κ3) is 5.50. The number of carbonyl (C=O) groups is 3. The summed E-state index contributed by atoms with van der Waals surface area (Å²) >= 11 is 5.96. The van der Waals surface area contributed by atoms with Gasteiger partial charge in [-0.05, 0) is 24.1 Å². The van der Waals surface area contributed by atoms with Gasteiger partial charge in [0.1, 0.15) is 12.1 Å². The van der Waals surface area contributed by atoms with E-state index in [1.807, 2.05) is 6.07 Å². The van der Waals surface area contributed by atoms with E-state index in [4.69, 9.17) is 21.9 Å². The zero-order valence-corrected chi connectivity index (χ0v) is 15.8. The molecule has 2 rings (SSSR count). The van der Waals surface area contributed by atoms with Crippen LogP contribution in [0.4, 0.5) is 0 Å². The molecule has 1 aromatic carbocycles. The Hall–Kier alpha value is -3.00. The van der Waals surface area contributed by atoms with Gasteiger partial charge in [0.25, 0.3) is 0 Å². The summed E-state index contributed by atoms with van der Waals surface area (Å²) in [5.74, 6) is -2.44. The lowest BCUT2D eigenvalue weighted by Crippen LogP contribution is -2.46. The number of Topliss-reactive ketones (excluding diaryl/α,β-unsaturated/α-hetero) is 1. The van der Waals surface area contributed by atoms with Gasteiger partial charge >= 0.3 is 12.2 Å². The number of nitrogens with one attached hydrogen (secondary N) is 2. The fraction of sp³-hybridized carbons (Fsp3) is 0.333. The van der Waals surface area contributed by atoms with Crippen LogP contribution in [0.15, 0.2) is 24.4 Å². The molecule has 1 amide bonds. The number of benzene rings is 1. The first kappa shape index (κ1) is 21.3. The Morgan fingerprint density at radius 3 is 2.82 bits per heavy atom. The number of nitrogens with zero attached hydrogens (tertiary/aromatic N) is 2. The van der Waals surface area contributed by atoms with Crippen molar-refractivity contribution in [3.63, 3.8) is 0 Å². The highest BCUT2D eigenvalue weighted by molar-refractivity contribution is 6.31. The van der Waals surface area contributed by atoms with Crippen LogP contribution in [0.2, 0.25) is 5.02 Å². The minimum absolute atomic E-state index is 0.145. The number of aromatic nitrogens is 1. The predicted octanol–water partition coefficient (Wildman–Crippen LogP) is 1.60. The van der Waals surface area contributed by atoms with Crippen LogP contribution in [0, 0.1) is 0 Å². The van der Waals surface area contributed by atoms with Crippen molar-refractivity contribution < 1.29 is 29.0 Å². The molecule has 2 aromatic rings. The smallest absolute Gasteiger partial charge is 0.326 e. The zero-order valence-electron chi connectivity index (χ0n) is 15.0. The standard InChI is InChI=1S/C18H19ClN4O5/c1-28-16(6-10-8-21-15-7-11(19)2-4-13(10)15)17(25)23-14(18(26)27)5-3-12(24)9-22-20/h2,4,7-9,14,16,21H,3,5-6H2,1H3,(H,23,25)(H,26,27). The summed E-state index contributed by atoms with van der Waals surface area (Å²) in [6.45, 7) is 0. The van der Waals surface area contributed by atoms with E-state index in [1.54, 1.807) is 18.3 Å². The van der Waals surface area contributed by atoms with Crippen molar-refractivity contribution in [1.29, 1.82) is 0 Å². The Balaban J connectivity index is 2.07. The van der Waals surface area contributed by atoms with Crippen LogP contribution < -0.4 is 5.32 Å². The fourth-order valence-electron chi connectivity index (χ4n) is 2.75. The second kappa shape index (κ2) is 9.80. The molecule has 0 saturated carbocycles. The van der Waals surface area contributed by atoms with E-state index >= 15 is 0 Å². The number of carboxylic acid groups (broad SMARTS) is 1. The number of ether oxygens (including phenoxy) is 1. The number of methoxy groups -OCH3 is 1. The number of amides is 1. The van der Waals surface area contributed by atoms with Gasteiger partial charge in [0, 0.05) is 42.1 Å². The molecule has 1 aromatic heterocycles. The van der Waals surface area contributed by atoms with Gasteiger partial charge in [0.15, 0.2) is 0 Å². The third-order valence-corrected chi connectivity index (χ3v) is 4.44. The van der Waals surface area contributed by atoms with Gasteiger partial charge in [0.05, 0.1) is 0 Å². The molecule has 0 fully saturated rings. The van der Waals surface area contributed by atoms with Gasteiger partial charge in [-0.3, -0.25) is 9.59 Å². The molecule has 10 heteroatoms. The van der Waals surface area contributed by atoms with Crippen LogP contribution in [0.1, 0.15) is 18.4 Å². The van der Waals surface area contributed by atoms with Crippen LogP contribution in [-0.2, 0) is 25.5 Å². The van der Waals surface area contributed by atoms with Crippen LogP contribution in [0.5, 0.6) is 0 Å². The van der Waals surface area contributed by atoms with Crippen molar-refractivity contribution >= 4 is 46.4 Å². The van der Waals surface area contributed by atoms with Crippen molar-refractivity contribution in [2.75, 3.05) is 7.11 Å². The first-order chi connectivity index (χ1) is 13.3. The van der Waals surface area contributed by atoms with Crippen molar-refractivity contribution in [2.24, 2.45) is 0 Å². The number of ketones is 1. The van der Waals surface area contributed by atoms with E-state index in [-0.39, 0.29) is 19.3 Å². The number of hydrogen-bond acceptors (Lipinski definition) is 4. The quantitative estimate of drug-likeness (QED) is 0.311. The van der Waals surface area contributed by atoms with Crippen LogP contribution in [0.25, 0.3) is 16.4 Å². The molecule has 0 aliphatic carbocycles. The van der Waals surface area contributed by atoms with E-state index in [9.17, 15) is 19.5 Å². The largest absolute Gasteiger partial charge is 0.480 e. The molecule has 0 saturated heterocycles. The van der Waals surface area contributed by atoms with Gasteiger partial charge in [-0.1, -0.05) is 17.7 Å². The molecule has 0 radical (unpaired) electrons. The number of aromatic amines is 1. The maximum atomic E-state index is 12.5. The number of fused-ring (bicyclic) bond motifs is 1. The molecule has 0 bridgehead atoms. The van der Waals surface area contributed by atoms with Crippen LogP contribution >= 0.6 is 11.6 Å². The van der Waals surface area contributed by atoms with Crippen LogP contribution in [0.3, 0.4) is 0 Å². The molecule has 9 nitrogen and oxygen atoms in total. The maximum Gasteiger partial charge on any atom is 0.326 e. The summed E-state index contributed by atoms with van der Waals surface area (Å²) in [7, 11) is 1.35. The average Bonchev–Trinajstić information content (AvgIpc) is 3.04. The normalized spacial score (nSPS) is 12.8. The molecule has 28 heavy (non-hydrogen) atoms. The summed E-state index contributed by atoms with van der Waals surface area (Å²) in [6.07, 6.45) is 1.37. The lowest BCUT2D eigenvalue weighted by Gasteiger charge is -2.19. The Labute approximate surface area is 165 Å². The lowest BCUT2D eigenvalue weighted by atomic mass is 10.0. The molecular weight excluding hydrogens is 388 g/mol. The number of H-pyrrole nitrogens is 1. The minimum Gasteiger partial charge on any atom is -0.480 e. The fourth-order valence-corrected chi connectivity index (χ4v) is 2.92. The summed E-state index contributed by atoms with van der Waals surface area (Å²) in [5.41, 5.74) is 9.94. The number of rotatable bonds is 10. The van der Waals surface area contributed by atoms with Crippen LogP contribution in [-0.4, -0.2) is 58.0 Å². The number of aliphatic carboxylic acids is 1. The van der Waals surface area contributed by atoms with Crippen molar-refractivity contribution in [3.05, 3.63) is 40.5 Å². The number of carbonyl (C=O) groups excluding carboxylic acids is 2. The molecule has 2 atom stereocenters. The monoisotopic (exact) mass is 406 g/mol. The molecule has 2 unspecified atom stereocenters. The molecule has 0 aliphatic rings. The van der Waals surface area contributed by atoms with Gasteiger partial charge in [-0.25, -0.2) is 4.79 Å². The highest BCUT2D eigenvalue weighted by atomic mass is 35.5. The van der Waals surface area contributed by atoms with Crippen molar-refractivity contribution in [1.82, 2.24) is 10.3 Å². The van der Waals surface area contributed by atoms with E-state index in [1.165, 1.54) is 7.11 Å². The van der Waals surface area contributed by atoms with E-state index in [0.717, 1.165) is 16.5 Å². The molecule has 0 aliphatic heterocycles. The molecule has 148 valence electrons. The Bertz CT molecular complexity index is 935. The van der Waals surface area contributed by atoms with Gasteiger partial charge < -0.3 is 25.7 Å². The Morgan fingerprint density at radius 2 is 2.18 bits per heavy atom. The second-order valence-corrected chi connectivity index (χ2v) is 6.52. The van der Waals surface area contributed by atoms with Gasteiger partial charge in [-0.2, -0.15) is 4.79 Å². The Morgan fingerprint density at radius 1 is 1.43 bits per heavy atom. The molecule has 3 N–H and O–H groups in total. The van der Waals surface area contributed by atoms with Crippen molar-refractivity contribution in [2.45, 2.75) is 31.4 Å². The summed E-state index contributed by atoms with van der Waals surface area (Å²) in [5, 5.41) is 13.1. The highest BCUT2D eigenvalue weighted by Gasteiger charge is 2.26. The van der Waals surface area contributed by atoms with Gasteiger partial charge in [-0.15, -0.1) is 0 Å². The SMILES string of the molecule is COC(Cc1c[nH]c2cc(Cl)ccc12)C(=O)NC(CCC(=O)C=[N+]=[N-])C(=O)O.